The zero-order valence-electron chi connectivity index (χ0n) is 11.1. The van der Waals surface area contributed by atoms with E-state index in [9.17, 15) is 9.59 Å². The molecule has 0 aromatic heterocycles. The van der Waals surface area contributed by atoms with Crippen molar-refractivity contribution in [1.82, 2.24) is 5.32 Å². The van der Waals surface area contributed by atoms with Crippen LogP contribution in [0.1, 0.15) is 24.0 Å². The number of benzene rings is 1. The van der Waals surface area contributed by atoms with Crippen molar-refractivity contribution in [3.8, 4) is 0 Å². The molecule has 0 heterocycles. The van der Waals surface area contributed by atoms with Crippen LogP contribution in [0.15, 0.2) is 24.3 Å². The van der Waals surface area contributed by atoms with E-state index in [1.165, 1.54) is 11.1 Å². The van der Waals surface area contributed by atoms with Gasteiger partial charge in [0.25, 0.3) is 0 Å². The highest BCUT2D eigenvalue weighted by Crippen LogP contribution is 2.34. The molecule has 19 heavy (non-hydrogen) atoms. The molecule has 2 rings (SSSR count). The predicted octanol–water partition coefficient (Wildman–Crippen LogP) is 1.76. The first-order valence-electron chi connectivity index (χ1n) is 6.64. The monoisotopic (exact) mass is 261 g/mol. The second-order valence-corrected chi connectivity index (χ2v) is 5.10. The van der Waals surface area contributed by atoms with E-state index in [1.54, 1.807) is 0 Å². The minimum atomic E-state index is -0.856. The molecule has 1 saturated carbocycles. The quantitative estimate of drug-likeness (QED) is 0.848. The van der Waals surface area contributed by atoms with E-state index in [0.29, 0.717) is 19.4 Å². The number of hydrogen-bond acceptors (Lipinski definition) is 2. The van der Waals surface area contributed by atoms with Gasteiger partial charge in [-0.1, -0.05) is 24.3 Å². The Morgan fingerprint density at radius 3 is 2.53 bits per heavy atom. The summed E-state index contributed by atoms with van der Waals surface area (Å²) in [6.45, 7) is 2.61. The lowest BCUT2D eigenvalue weighted by atomic mass is 9.73. The van der Waals surface area contributed by atoms with Crippen LogP contribution in [0.2, 0.25) is 0 Å². The molecular weight excluding hydrogens is 242 g/mol. The zero-order chi connectivity index (χ0) is 13.8. The fraction of sp³-hybridized carbons (Fsp3) is 0.467. The Bertz CT molecular complexity index is 484. The highest BCUT2D eigenvalue weighted by molar-refractivity contribution is 5.86. The number of carbonyl (C=O) groups is 2. The van der Waals surface area contributed by atoms with Crippen LogP contribution in [0.3, 0.4) is 0 Å². The van der Waals surface area contributed by atoms with Crippen LogP contribution in [0.25, 0.3) is 0 Å². The molecule has 2 atom stereocenters. The zero-order valence-corrected chi connectivity index (χ0v) is 11.1. The lowest BCUT2D eigenvalue weighted by molar-refractivity contribution is -0.152. The molecule has 102 valence electrons. The minimum Gasteiger partial charge on any atom is -0.481 e. The SMILES string of the molecule is Cc1ccccc1CCNC(=O)C1CCC1C(=O)O. The van der Waals surface area contributed by atoms with Crippen LogP contribution in [-0.2, 0) is 16.0 Å². The molecule has 1 aliphatic carbocycles. The lowest BCUT2D eigenvalue weighted by Gasteiger charge is -2.31. The summed E-state index contributed by atoms with van der Waals surface area (Å²) >= 11 is 0. The van der Waals surface area contributed by atoms with Gasteiger partial charge in [-0.2, -0.15) is 0 Å². The Balaban J connectivity index is 1.79. The summed E-state index contributed by atoms with van der Waals surface area (Å²) in [7, 11) is 0. The summed E-state index contributed by atoms with van der Waals surface area (Å²) in [5.74, 6) is -1.80. The molecule has 0 aliphatic heterocycles. The van der Waals surface area contributed by atoms with Crippen molar-refractivity contribution in [2.75, 3.05) is 6.54 Å². The maximum absolute atomic E-state index is 11.8. The van der Waals surface area contributed by atoms with Gasteiger partial charge in [0.05, 0.1) is 11.8 Å². The molecule has 1 amide bonds. The molecule has 1 aliphatic rings. The van der Waals surface area contributed by atoms with E-state index < -0.39 is 11.9 Å². The van der Waals surface area contributed by atoms with Gasteiger partial charge in [-0.15, -0.1) is 0 Å². The van der Waals surface area contributed by atoms with Gasteiger partial charge >= 0.3 is 5.97 Å². The normalized spacial score (nSPS) is 21.5. The Morgan fingerprint density at radius 1 is 1.26 bits per heavy atom. The Labute approximate surface area is 112 Å². The van der Waals surface area contributed by atoms with E-state index >= 15 is 0 Å². The van der Waals surface area contributed by atoms with E-state index in [2.05, 4.69) is 5.32 Å². The van der Waals surface area contributed by atoms with Gasteiger partial charge in [-0.25, -0.2) is 0 Å². The van der Waals surface area contributed by atoms with Gasteiger partial charge in [0.1, 0.15) is 0 Å². The Kier molecular flexibility index (Phi) is 4.20. The Hall–Kier alpha value is -1.84. The lowest BCUT2D eigenvalue weighted by Crippen LogP contribution is -2.44. The third kappa shape index (κ3) is 3.13. The van der Waals surface area contributed by atoms with Gasteiger partial charge in [-0.3, -0.25) is 9.59 Å². The number of carbonyl (C=O) groups excluding carboxylic acids is 1. The first-order chi connectivity index (χ1) is 9.09. The van der Waals surface area contributed by atoms with Crippen molar-refractivity contribution in [2.24, 2.45) is 11.8 Å². The predicted molar refractivity (Wildman–Crippen MR) is 71.7 cm³/mol. The van der Waals surface area contributed by atoms with E-state index in [-0.39, 0.29) is 11.8 Å². The van der Waals surface area contributed by atoms with Crippen molar-refractivity contribution in [3.05, 3.63) is 35.4 Å². The number of hydrogen-bond donors (Lipinski definition) is 2. The third-order valence-corrected chi connectivity index (χ3v) is 3.88. The molecule has 2 unspecified atom stereocenters. The maximum Gasteiger partial charge on any atom is 0.307 e. The van der Waals surface area contributed by atoms with Crippen LogP contribution in [0, 0.1) is 18.8 Å². The summed E-state index contributed by atoms with van der Waals surface area (Å²) in [6, 6.07) is 8.06. The number of rotatable bonds is 5. The number of aliphatic carboxylic acids is 1. The van der Waals surface area contributed by atoms with Crippen molar-refractivity contribution < 1.29 is 14.7 Å². The molecule has 4 nitrogen and oxygen atoms in total. The molecule has 1 aromatic rings. The van der Waals surface area contributed by atoms with Gasteiger partial charge in [0.15, 0.2) is 0 Å². The van der Waals surface area contributed by atoms with Crippen molar-refractivity contribution in [3.63, 3.8) is 0 Å². The molecule has 0 radical (unpaired) electrons. The van der Waals surface area contributed by atoms with Gasteiger partial charge in [-0.05, 0) is 37.3 Å². The summed E-state index contributed by atoms with van der Waals surface area (Å²) in [4.78, 5) is 22.7. The van der Waals surface area contributed by atoms with E-state index in [1.807, 2.05) is 31.2 Å². The fourth-order valence-electron chi connectivity index (χ4n) is 2.45. The molecule has 0 bridgehead atoms. The van der Waals surface area contributed by atoms with Crippen LogP contribution >= 0.6 is 0 Å². The van der Waals surface area contributed by atoms with E-state index in [4.69, 9.17) is 5.11 Å². The van der Waals surface area contributed by atoms with Crippen molar-refractivity contribution in [2.45, 2.75) is 26.2 Å². The van der Waals surface area contributed by atoms with Crippen LogP contribution in [-0.4, -0.2) is 23.5 Å². The topological polar surface area (TPSA) is 66.4 Å². The molecular formula is C15H19NO3. The second kappa shape index (κ2) is 5.87. The number of carboxylic acid groups (broad SMARTS) is 1. The summed E-state index contributed by atoms with van der Waals surface area (Å²) in [5.41, 5.74) is 2.43. The smallest absolute Gasteiger partial charge is 0.307 e. The molecule has 0 spiro atoms. The molecule has 2 N–H and O–H groups in total. The first kappa shape index (κ1) is 13.6. The highest BCUT2D eigenvalue weighted by atomic mass is 16.4. The third-order valence-electron chi connectivity index (χ3n) is 3.88. The summed E-state index contributed by atoms with van der Waals surface area (Å²) in [5, 5.41) is 11.8. The van der Waals surface area contributed by atoms with Gasteiger partial charge in [0, 0.05) is 6.54 Å². The first-order valence-corrected chi connectivity index (χ1v) is 6.64. The van der Waals surface area contributed by atoms with Gasteiger partial charge in [0.2, 0.25) is 5.91 Å². The number of nitrogens with one attached hydrogen (secondary N) is 1. The van der Waals surface area contributed by atoms with Crippen LogP contribution in [0.5, 0.6) is 0 Å². The molecule has 1 aromatic carbocycles. The van der Waals surface area contributed by atoms with Crippen molar-refractivity contribution >= 4 is 11.9 Å². The largest absolute Gasteiger partial charge is 0.481 e. The fourth-order valence-corrected chi connectivity index (χ4v) is 2.45. The summed E-state index contributed by atoms with van der Waals surface area (Å²) < 4.78 is 0. The highest BCUT2D eigenvalue weighted by Gasteiger charge is 2.41. The number of aryl methyl sites for hydroxylation is 1. The number of amides is 1. The number of carboxylic acids is 1. The van der Waals surface area contributed by atoms with Gasteiger partial charge < -0.3 is 10.4 Å². The minimum absolute atomic E-state index is 0.118. The summed E-state index contributed by atoms with van der Waals surface area (Å²) in [6.07, 6.45) is 2.08. The maximum atomic E-state index is 11.8. The Morgan fingerprint density at radius 2 is 1.95 bits per heavy atom. The van der Waals surface area contributed by atoms with Crippen LogP contribution < -0.4 is 5.32 Å². The molecule has 1 fully saturated rings. The standard InChI is InChI=1S/C15H19NO3/c1-10-4-2-3-5-11(10)8-9-16-14(17)12-6-7-13(12)15(18)19/h2-5,12-13H,6-9H2,1H3,(H,16,17)(H,18,19). The van der Waals surface area contributed by atoms with Crippen LogP contribution in [0.4, 0.5) is 0 Å². The van der Waals surface area contributed by atoms with E-state index in [0.717, 1.165) is 6.42 Å². The average Bonchev–Trinajstić information content (AvgIpc) is 2.29. The average molecular weight is 261 g/mol. The van der Waals surface area contributed by atoms with Crippen molar-refractivity contribution in [1.29, 1.82) is 0 Å². The second-order valence-electron chi connectivity index (χ2n) is 5.10. The molecule has 0 saturated heterocycles. The molecule has 4 heteroatoms.